The minimum absolute atomic E-state index is 0.00986. The zero-order valence-corrected chi connectivity index (χ0v) is 7.16. The van der Waals surface area contributed by atoms with Crippen LogP contribution in [-0.2, 0) is 0 Å². The fourth-order valence-electron chi connectivity index (χ4n) is 1.38. The summed E-state index contributed by atoms with van der Waals surface area (Å²) in [6, 6.07) is 6.56. The average Bonchev–Trinajstić information content (AvgIpc) is 2.01. The van der Waals surface area contributed by atoms with Crippen LogP contribution in [0.1, 0.15) is 16.8 Å². The number of Topliss-reactive ketones (excluding diaryl/α,β-unsaturated/α-hetero) is 1. The molecule has 1 aromatic rings. The lowest BCUT2D eigenvalue weighted by Crippen LogP contribution is -2.48. The van der Waals surface area contributed by atoms with E-state index in [2.05, 4.69) is 5.32 Å². The summed E-state index contributed by atoms with van der Waals surface area (Å²) in [5.74, 6) is 0.0607. The van der Waals surface area contributed by atoms with Gasteiger partial charge in [0.05, 0.1) is 11.6 Å². The largest absolute Gasteiger partial charge is 0.507 e. The van der Waals surface area contributed by atoms with Crippen molar-refractivity contribution in [3.63, 3.8) is 0 Å². The summed E-state index contributed by atoms with van der Waals surface area (Å²) < 4.78 is 0. The van der Waals surface area contributed by atoms with Gasteiger partial charge in [-0.25, -0.2) is 0 Å². The van der Waals surface area contributed by atoms with Gasteiger partial charge in [-0.3, -0.25) is 4.79 Å². The molecule has 0 aliphatic carbocycles. The number of nitrogens with one attached hydrogen (secondary N) is 1. The van der Waals surface area contributed by atoms with E-state index in [1.165, 1.54) is 6.07 Å². The first-order valence-electron chi connectivity index (χ1n) is 4.34. The highest BCUT2D eigenvalue weighted by molar-refractivity contribution is 6.02. The molecule has 1 atom stereocenters. The molecular weight excluding hydrogens is 166 g/mol. The lowest BCUT2D eigenvalue weighted by Gasteiger charge is -2.26. The van der Waals surface area contributed by atoms with E-state index in [9.17, 15) is 9.90 Å². The van der Waals surface area contributed by atoms with Crippen molar-refractivity contribution in [1.82, 2.24) is 5.32 Å². The Balaban J connectivity index is 2.24. The number of ketones is 1. The van der Waals surface area contributed by atoms with Crippen LogP contribution in [-0.4, -0.2) is 23.5 Å². The Labute approximate surface area is 76.4 Å². The predicted octanol–water partition coefficient (Wildman–Crippen LogP) is 0.937. The number of phenols is 1. The minimum Gasteiger partial charge on any atom is -0.507 e. The van der Waals surface area contributed by atoms with Gasteiger partial charge in [-0.2, -0.15) is 0 Å². The molecule has 1 fully saturated rings. The monoisotopic (exact) mass is 177 g/mol. The molecule has 0 bridgehead atoms. The summed E-state index contributed by atoms with van der Waals surface area (Å²) in [4.78, 5) is 11.6. The fourth-order valence-corrected chi connectivity index (χ4v) is 1.38. The maximum absolute atomic E-state index is 11.6. The molecule has 0 amide bonds. The lowest BCUT2D eigenvalue weighted by molar-refractivity contribution is 0.0901. The molecule has 1 aromatic carbocycles. The topological polar surface area (TPSA) is 49.3 Å². The van der Waals surface area contributed by atoms with Gasteiger partial charge in [0, 0.05) is 0 Å². The summed E-state index contributed by atoms with van der Waals surface area (Å²) in [5, 5.41) is 12.4. The molecule has 1 heterocycles. The molecule has 3 heteroatoms. The second-order valence-corrected chi connectivity index (χ2v) is 3.18. The number of phenolic OH excluding ortho intramolecular Hbond substituents is 1. The predicted molar refractivity (Wildman–Crippen MR) is 48.8 cm³/mol. The minimum atomic E-state index is -0.0895. The van der Waals surface area contributed by atoms with Gasteiger partial charge in [-0.05, 0) is 25.1 Å². The van der Waals surface area contributed by atoms with Gasteiger partial charge in [0.1, 0.15) is 5.75 Å². The van der Waals surface area contributed by atoms with Crippen molar-refractivity contribution < 1.29 is 9.90 Å². The quantitative estimate of drug-likeness (QED) is 0.661. The highest BCUT2D eigenvalue weighted by atomic mass is 16.3. The number of rotatable bonds is 2. The summed E-state index contributed by atoms with van der Waals surface area (Å²) in [5.41, 5.74) is 0.416. The van der Waals surface area contributed by atoms with Gasteiger partial charge >= 0.3 is 0 Å². The van der Waals surface area contributed by atoms with Gasteiger partial charge in [-0.1, -0.05) is 12.1 Å². The molecule has 0 aromatic heterocycles. The Bertz CT molecular complexity index is 331. The fraction of sp³-hybridized carbons (Fsp3) is 0.300. The van der Waals surface area contributed by atoms with E-state index in [1.54, 1.807) is 18.2 Å². The van der Waals surface area contributed by atoms with E-state index in [1.807, 2.05) is 0 Å². The molecule has 3 nitrogen and oxygen atoms in total. The summed E-state index contributed by atoms with van der Waals surface area (Å²) >= 11 is 0. The zero-order valence-electron chi connectivity index (χ0n) is 7.16. The first-order chi connectivity index (χ1) is 6.29. The molecule has 0 radical (unpaired) electrons. The first kappa shape index (κ1) is 8.26. The molecule has 1 saturated heterocycles. The summed E-state index contributed by atoms with van der Waals surface area (Å²) in [6.45, 7) is 0.893. The van der Waals surface area contributed by atoms with E-state index in [0.717, 1.165) is 13.0 Å². The van der Waals surface area contributed by atoms with Crippen LogP contribution in [0.4, 0.5) is 0 Å². The molecular formula is C10H11NO2. The molecule has 2 rings (SSSR count). The van der Waals surface area contributed by atoms with Crippen LogP contribution in [0.5, 0.6) is 5.75 Å². The maximum atomic E-state index is 11.6. The molecule has 0 spiro atoms. The van der Waals surface area contributed by atoms with Crippen LogP contribution in [0, 0.1) is 0 Å². The molecule has 2 N–H and O–H groups in total. The van der Waals surface area contributed by atoms with Crippen molar-refractivity contribution in [2.45, 2.75) is 12.5 Å². The molecule has 1 aliphatic heterocycles. The van der Waals surface area contributed by atoms with Crippen LogP contribution in [0.15, 0.2) is 24.3 Å². The number of hydrogen-bond donors (Lipinski definition) is 2. The average molecular weight is 177 g/mol. The van der Waals surface area contributed by atoms with Crippen molar-refractivity contribution in [3.05, 3.63) is 29.8 Å². The van der Waals surface area contributed by atoms with E-state index in [-0.39, 0.29) is 17.6 Å². The van der Waals surface area contributed by atoms with Gasteiger partial charge in [0.15, 0.2) is 5.78 Å². The number of carbonyl (C=O) groups excluding carboxylic acids is 1. The van der Waals surface area contributed by atoms with Gasteiger partial charge < -0.3 is 10.4 Å². The summed E-state index contributed by atoms with van der Waals surface area (Å²) in [7, 11) is 0. The molecule has 68 valence electrons. The van der Waals surface area contributed by atoms with E-state index in [0.29, 0.717) is 5.56 Å². The third-order valence-corrected chi connectivity index (χ3v) is 2.31. The van der Waals surface area contributed by atoms with Crippen LogP contribution in [0.25, 0.3) is 0 Å². The smallest absolute Gasteiger partial charge is 0.183 e. The number of aromatic hydroxyl groups is 1. The Morgan fingerprint density at radius 1 is 1.46 bits per heavy atom. The molecule has 13 heavy (non-hydrogen) atoms. The number of carbonyl (C=O) groups is 1. The van der Waals surface area contributed by atoms with Crippen molar-refractivity contribution in [3.8, 4) is 5.75 Å². The Hall–Kier alpha value is -1.35. The van der Waals surface area contributed by atoms with Crippen molar-refractivity contribution in [1.29, 1.82) is 0 Å². The van der Waals surface area contributed by atoms with Crippen LogP contribution < -0.4 is 5.32 Å². The van der Waals surface area contributed by atoms with Crippen LogP contribution in [0.3, 0.4) is 0 Å². The van der Waals surface area contributed by atoms with Crippen molar-refractivity contribution in [2.24, 2.45) is 0 Å². The van der Waals surface area contributed by atoms with Crippen LogP contribution >= 0.6 is 0 Å². The Morgan fingerprint density at radius 2 is 2.15 bits per heavy atom. The van der Waals surface area contributed by atoms with E-state index >= 15 is 0 Å². The van der Waals surface area contributed by atoms with E-state index in [4.69, 9.17) is 0 Å². The zero-order chi connectivity index (χ0) is 9.26. The number of hydrogen-bond acceptors (Lipinski definition) is 3. The molecule has 0 saturated carbocycles. The van der Waals surface area contributed by atoms with E-state index < -0.39 is 0 Å². The van der Waals surface area contributed by atoms with Gasteiger partial charge in [0.2, 0.25) is 0 Å². The maximum Gasteiger partial charge on any atom is 0.183 e. The molecule has 1 aliphatic rings. The summed E-state index contributed by atoms with van der Waals surface area (Å²) in [6.07, 6.45) is 0.868. The SMILES string of the molecule is O=C(c1ccccc1O)C1CCN1. The standard InChI is InChI=1S/C10H11NO2/c12-9-4-2-1-3-7(9)10(13)8-5-6-11-8/h1-4,8,11-12H,5-6H2. The highest BCUT2D eigenvalue weighted by Gasteiger charge is 2.26. The third-order valence-electron chi connectivity index (χ3n) is 2.31. The van der Waals surface area contributed by atoms with Crippen molar-refractivity contribution >= 4 is 5.78 Å². The molecule has 1 unspecified atom stereocenters. The van der Waals surface area contributed by atoms with Crippen molar-refractivity contribution in [2.75, 3.05) is 6.54 Å². The Kier molecular flexibility index (Phi) is 2.02. The number of benzene rings is 1. The number of para-hydroxylation sites is 1. The second kappa shape index (κ2) is 3.18. The lowest BCUT2D eigenvalue weighted by atomic mass is 9.96. The normalized spacial score (nSPS) is 20.8. The van der Waals surface area contributed by atoms with Crippen LogP contribution in [0.2, 0.25) is 0 Å². The second-order valence-electron chi connectivity index (χ2n) is 3.18. The third kappa shape index (κ3) is 1.42. The Morgan fingerprint density at radius 3 is 2.69 bits per heavy atom. The van der Waals surface area contributed by atoms with Gasteiger partial charge in [0.25, 0.3) is 0 Å². The highest BCUT2D eigenvalue weighted by Crippen LogP contribution is 2.19. The van der Waals surface area contributed by atoms with Gasteiger partial charge in [-0.15, -0.1) is 0 Å². The first-order valence-corrected chi connectivity index (χ1v) is 4.34.